The monoisotopic (exact) mass is 510 g/mol. The Bertz CT molecular complexity index is 776. The zero-order valence-electron chi connectivity index (χ0n) is 24.2. The SMILES string of the molecule is CCCCCCCCCCCCOc1cnc(-c2ccc(OCCCCCCC[C@@H](C)CC)cc2)cn1. The fraction of sp³-hybridized carbons (Fsp3) is 0.697. The van der Waals surface area contributed by atoms with Crippen LogP contribution in [0.15, 0.2) is 36.7 Å². The summed E-state index contributed by atoms with van der Waals surface area (Å²) in [6.07, 6.45) is 25.9. The van der Waals surface area contributed by atoms with Gasteiger partial charge in [-0.1, -0.05) is 117 Å². The first-order chi connectivity index (χ1) is 18.2. The third-order valence-electron chi connectivity index (χ3n) is 7.33. The molecule has 208 valence electrons. The highest BCUT2D eigenvalue weighted by atomic mass is 16.5. The van der Waals surface area contributed by atoms with E-state index in [-0.39, 0.29) is 0 Å². The molecule has 37 heavy (non-hydrogen) atoms. The maximum absolute atomic E-state index is 5.93. The lowest BCUT2D eigenvalue weighted by atomic mass is 10.0. The summed E-state index contributed by atoms with van der Waals surface area (Å²) in [6.45, 7) is 8.42. The van der Waals surface area contributed by atoms with Gasteiger partial charge in [0.25, 0.3) is 0 Å². The van der Waals surface area contributed by atoms with E-state index in [0.717, 1.165) is 42.4 Å². The Balaban J connectivity index is 1.53. The summed E-state index contributed by atoms with van der Waals surface area (Å²) in [5.41, 5.74) is 1.90. The van der Waals surface area contributed by atoms with Crippen molar-refractivity contribution in [2.24, 2.45) is 5.92 Å². The number of nitrogens with zero attached hydrogens (tertiary/aromatic N) is 2. The van der Waals surface area contributed by atoms with Crippen molar-refractivity contribution in [2.45, 2.75) is 130 Å². The van der Waals surface area contributed by atoms with Gasteiger partial charge < -0.3 is 9.47 Å². The van der Waals surface area contributed by atoms with E-state index in [1.165, 1.54) is 96.3 Å². The van der Waals surface area contributed by atoms with E-state index >= 15 is 0 Å². The zero-order chi connectivity index (χ0) is 26.4. The molecule has 0 amide bonds. The van der Waals surface area contributed by atoms with Crippen molar-refractivity contribution in [1.29, 1.82) is 0 Å². The molecule has 0 unspecified atom stereocenters. The summed E-state index contributed by atoms with van der Waals surface area (Å²) in [5.74, 6) is 2.41. The summed E-state index contributed by atoms with van der Waals surface area (Å²) < 4.78 is 11.7. The minimum absolute atomic E-state index is 0.611. The van der Waals surface area contributed by atoms with E-state index in [2.05, 4.69) is 42.9 Å². The van der Waals surface area contributed by atoms with Gasteiger partial charge in [0.15, 0.2) is 0 Å². The van der Waals surface area contributed by atoms with Gasteiger partial charge in [0.1, 0.15) is 5.75 Å². The van der Waals surface area contributed by atoms with Gasteiger partial charge in [-0.3, -0.25) is 0 Å². The van der Waals surface area contributed by atoms with E-state index in [1.54, 1.807) is 12.4 Å². The lowest BCUT2D eigenvalue weighted by Crippen LogP contribution is -2.00. The summed E-state index contributed by atoms with van der Waals surface area (Å²) in [6, 6.07) is 8.16. The molecule has 0 saturated heterocycles. The van der Waals surface area contributed by atoms with Crippen molar-refractivity contribution in [3.63, 3.8) is 0 Å². The fourth-order valence-electron chi connectivity index (χ4n) is 4.55. The lowest BCUT2D eigenvalue weighted by molar-refractivity contribution is 0.292. The molecular weight excluding hydrogens is 456 g/mol. The second kappa shape index (κ2) is 20.9. The molecule has 0 saturated carbocycles. The summed E-state index contributed by atoms with van der Waals surface area (Å²) >= 11 is 0. The first-order valence-electron chi connectivity index (χ1n) is 15.4. The van der Waals surface area contributed by atoms with Crippen LogP contribution >= 0.6 is 0 Å². The number of hydrogen-bond acceptors (Lipinski definition) is 4. The van der Waals surface area contributed by atoms with Crippen molar-refractivity contribution in [3.8, 4) is 22.9 Å². The van der Waals surface area contributed by atoms with E-state index in [0.29, 0.717) is 12.5 Å². The maximum atomic E-state index is 5.93. The van der Waals surface area contributed by atoms with Crippen molar-refractivity contribution in [3.05, 3.63) is 36.7 Å². The molecule has 2 rings (SSSR count). The second-order valence-corrected chi connectivity index (χ2v) is 10.7. The molecule has 0 fully saturated rings. The average Bonchev–Trinajstić information content (AvgIpc) is 2.93. The highest BCUT2D eigenvalue weighted by molar-refractivity contribution is 5.59. The van der Waals surface area contributed by atoms with E-state index in [4.69, 9.17) is 9.47 Å². The van der Waals surface area contributed by atoms with Crippen LogP contribution in [0.3, 0.4) is 0 Å². The van der Waals surface area contributed by atoms with Crippen molar-refractivity contribution in [1.82, 2.24) is 9.97 Å². The summed E-state index contributed by atoms with van der Waals surface area (Å²) in [7, 11) is 0. The molecule has 4 nitrogen and oxygen atoms in total. The van der Waals surface area contributed by atoms with E-state index in [1.807, 2.05) is 12.1 Å². The third-order valence-corrected chi connectivity index (χ3v) is 7.33. The second-order valence-electron chi connectivity index (χ2n) is 10.7. The van der Waals surface area contributed by atoms with Crippen molar-refractivity contribution in [2.75, 3.05) is 13.2 Å². The summed E-state index contributed by atoms with van der Waals surface area (Å²) in [5, 5.41) is 0. The molecule has 0 N–H and O–H groups in total. The van der Waals surface area contributed by atoms with Gasteiger partial charge in [0.05, 0.1) is 31.3 Å². The van der Waals surface area contributed by atoms with Crippen LogP contribution in [0.5, 0.6) is 11.6 Å². The molecule has 0 aliphatic heterocycles. The quantitative estimate of drug-likeness (QED) is 0.139. The zero-order valence-corrected chi connectivity index (χ0v) is 24.2. The number of ether oxygens (including phenoxy) is 2. The third kappa shape index (κ3) is 15.0. The standard InChI is InChI=1S/C33H54N2O2/c1-4-6-7-8-9-10-11-12-15-19-26-37-33-28-34-32(27-35-33)30-21-23-31(24-22-30)36-25-18-16-13-14-17-20-29(3)5-2/h21-24,27-29H,4-20,25-26H2,1-3H3/t29-/m0/s1. The van der Waals surface area contributed by atoms with Gasteiger partial charge in [-0.2, -0.15) is 0 Å². The van der Waals surface area contributed by atoms with Crippen molar-refractivity contribution < 1.29 is 9.47 Å². The van der Waals surface area contributed by atoms with Crippen LogP contribution in [-0.4, -0.2) is 23.2 Å². The molecule has 0 aliphatic carbocycles. The molecule has 1 atom stereocenters. The van der Waals surface area contributed by atoms with Crippen molar-refractivity contribution >= 4 is 0 Å². The van der Waals surface area contributed by atoms with Crippen LogP contribution in [0.1, 0.15) is 130 Å². The topological polar surface area (TPSA) is 44.2 Å². The molecule has 4 heteroatoms. The van der Waals surface area contributed by atoms with Gasteiger partial charge >= 0.3 is 0 Å². The predicted molar refractivity (Wildman–Crippen MR) is 157 cm³/mol. The molecule has 0 aliphatic rings. The van der Waals surface area contributed by atoms with E-state index in [9.17, 15) is 0 Å². The highest BCUT2D eigenvalue weighted by Gasteiger charge is 2.04. The van der Waals surface area contributed by atoms with Crippen LogP contribution in [0.2, 0.25) is 0 Å². The Kier molecular flexibility index (Phi) is 17.6. The van der Waals surface area contributed by atoms with Gasteiger partial charge in [-0.05, 0) is 43.0 Å². The molecule has 1 aromatic heterocycles. The summed E-state index contributed by atoms with van der Waals surface area (Å²) in [4.78, 5) is 9.00. The maximum Gasteiger partial charge on any atom is 0.232 e. The molecule has 2 aromatic rings. The van der Waals surface area contributed by atoms with Crippen LogP contribution in [0.4, 0.5) is 0 Å². The molecule has 0 spiro atoms. The average molecular weight is 511 g/mol. The first-order valence-corrected chi connectivity index (χ1v) is 15.4. The number of rotatable bonds is 23. The molecule has 1 heterocycles. The van der Waals surface area contributed by atoms with Gasteiger partial charge in [-0.25, -0.2) is 9.97 Å². The molecular formula is C33H54N2O2. The lowest BCUT2D eigenvalue weighted by Gasteiger charge is -2.09. The number of unbranched alkanes of at least 4 members (excludes halogenated alkanes) is 13. The Morgan fingerprint density at radius 2 is 1.19 bits per heavy atom. The van der Waals surface area contributed by atoms with Crippen LogP contribution in [-0.2, 0) is 0 Å². The van der Waals surface area contributed by atoms with Gasteiger partial charge in [-0.15, -0.1) is 0 Å². The first kappa shape index (κ1) is 31.1. The Labute approximate surface area is 228 Å². The van der Waals surface area contributed by atoms with Gasteiger partial charge in [0, 0.05) is 5.56 Å². The number of hydrogen-bond donors (Lipinski definition) is 0. The number of benzene rings is 1. The Morgan fingerprint density at radius 3 is 1.76 bits per heavy atom. The largest absolute Gasteiger partial charge is 0.494 e. The molecule has 0 bridgehead atoms. The minimum atomic E-state index is 0.611. The van der Waals surface area contributed by atoms with E-state index < -0.39 is 0 Å². The Hall–Kier alpha value is -2.10. The molecule has 1 aromatic carbocycles. The fourth-order valence-corrected chi connectivity index (χ4v) is 4.55. The normalized spacial score (nSPS) is 12.0. The molecule has 0 radical (unpaired) electrons. The van der Waals surface area contributed by atoms with Crippen LogP contribution in [0.25, 0.3) is 11.3 Å². The highest BCUT2D eigenvalue weighted by Crippen LogP contribution is 2.22. The minimum Gasteiger partial charge on any atom is -0.494 e. The Morgan fingerprint density at radius 1 is 0.622 bits per heavy atom. The smallest absolute Gasteiger partial charge is 0.232 e. The number of aromatic nitrogens is 2. The van der Waals surface area contributed by atoms with Gasteiger partial charge in [0.2, 0.25) is 5.88 Å². The van der Waals surface area contributed by atoms with Crippen LogP contribution in [0, 0.1) is 5.92 Å². The predicted octanol–water partition coefficient (Wildman–Crippen LogP) is 10.2. The van der Waals surface area contributed by atoms with Crippen LogP contribution < -0.4 is 9.47 Å².